The lowest BCUT2D eigenvalue weighted by Crippen LogP contribution is -2.59. The van der Waals surface area contributed by atoms with E-state index in [1.165, 1.54) is 0 Å². The molecule has 3 fully saturated rings. The van der Waals surface area contributed by atoms with Gasteiger partial charge in [-0.3, -0.25) is 4.98 Å². The number of benzene rings is 1. The summed E-state index contributed by atoms with van der Waals surface area (Å²) in [6.07, 6.45) is 6.83. The lowest BCUT2D eigenvalue weighted by atomic mass is 9.71. The average Bonchev–Trinajstić information content (AvgIpc) is 3.04. The van der Waals surface area contributed by atoms with Gasteiger partial charge in [-0.15, -0.1) is 0 Å². The van der Waals surface area contributed by atoms with Crippen LogP contribution < -0.4 is 5.46 Å². The normalized spacial score (nSPS) is 29.2. The fourth-order valence-corrected chi connectivity index (χ4v) is 5.58. The van der Waals surface area contributed by atoms with Gasteiger partial charge in [-0.05, 0) is 52.5 Å². The van der Waals surface area contributed by atoms with E-state index >= 15 is 0 Å². The predicted molar refractivity (Wildman–Crippen MR) is 133 cm³/mol. The highest BCUT2D eigenvalue weighted by molar-refractivity contribution is 6.62. The van der Waals surface area contributed by atoms with Crippen molar-refractivity contribution in [3.8, 4) is 0 Å². The van der Waals surface area contributed by atoms with Gasteiger partial charge in [0.25, 0.3) is 0 Å². The van der Waals surface area contributed by atoms with Crippen LogP contribution in [0.15, 0.2) is 48.8 Å². The second kappa shape index (κ2) is 8.91. The van der Waals surface area contributed by atoms with Crippen LogP contribution in [0.4, 0.5) is 4.79 Å². The molecule has 2 atom stereocenters. The van der Waals surface area contributed by atoms with E-state index < -0.39 is 23.9 Å². The molecule has 7 nitrogen and oxygen atoms in total. The molecule has 3 aliphatic heterocycles. The first-order chi connectivity index (χ1) is 16.6. The summed E-state index contributed by atoms with van der Waals surface area (Å²) in [5.41, 5.74) is 0.534. The molecule has 5 rings (SSSR count). The second-order valence-electron chi connectivity index (χ2n) is 11.2. The molecule has 186 valence electrons. The molecule has 1 amide bonds. The molecule has 1 N–H and O–H groups in total. The first-order valence-electron chi connectivity index (χ1n) is 12.6. The largest absolute Gasteiger partial charge is 0.496 e. The summed E-state index contributed by atoms with van der Waals surface area (Å²) in [7, 11) is -0.538. The van der Waals surface area contributed by atoms with Crippen LogP contribution in [0, 0.1) is 0 Å². The Hall–Kier alpha value is -2.42. The monoisotopic (exact) mass is 478 g/mol. The Morgan fingerprint density at radius 1 is 1.09 bits per heavy atom. The first kappa shape index (κ1) is 24.3. The summed E-state index contributed by atoms with van der Waals surface area (Å²) in [4.78, 5) is 19.4. The number of aromatic nitrogens is 1. The Morgan fingerprint density at radius 3 is 2.34 bits per heavy atom. The summed E-state index contributed by atoms with van der Waals surface area (Å²) < 4.78 is 18.1. The average molecular weight is 478 g/mol. The molecule has 2 bridgehead atoms. The van der Waals surface area contributed by atoms with Crippen molar-refractivity contribution in [3.05, 3.63) is 59.9 Å². The third-order valence-corrected chi connectivity index (χ3v) is 8.25. The lowest BCUT2D eigenvalue weighted by Gasteiger charge is -2.51. The minimum atomic E-state index is -1.07. The maximum atomic E-state index is 13.1. The Bertz CT molecular complexity index is 1050. The number of piperidine rings is 2. The molecule has 35 heavy (non-hydrogen) atoms. The summed E-state index contributed by atoms with van der Waals surface area (Å²) in [6.45, 7) is 8.33. The quantitative estimate of drug-likeness (QED) is 0.671. The van der Waals surface area contributed by atoms with Gasteiger partial charge in [0.2, 0.25) is 0 Å². The molecule has 2 aromatic rings. The molecule has 3 aliphatic rings. The number of ether oxygens (including phenoxy) is 1. The van der Waals surface area contributed by atoms with Gasteiger partial charge >= 0.3 is 13.2 Å². The van der Waals surface area contributed by atoms with Crippen LogP contribution in [0.3, 0.4) is 0 Å². The zero-order valence-electron chi connectivity index (χ0n) is 21.1. The van der Waals surface area contributed by atoms with E-state index in [0.29, 0.717) is 12.8 Å². The van der Waals surface area contributed by atoms with Crippen molar-refractivity contribution in [2.24, 2.45) is 0 Å². The number of fused-ring (bicyclic) bond motifs is 2. The molecule has 0 saturated carbocycles. The van der Waals surface area contributed by atoms with Gasteiger partial charge in [0.05, 0.1) is 16.8 Å². The van der Waals surface area contributed by atoms with Crippen molar-refractivity contribution in [1.29, 1.82) is 0 Å². The van der Waals surface area contributed by atoms with Crippen molar-refractivity contribution < 1.29 is 23.9 Å². The van der Waals surface area contributed by atoms with Crippen LogP contribution in [-0.2, 0) is 26.3 Å². The minimum absolute atomic E-state index is 0.0729. The van der Waals surface area contributed by atoms with Crippen molar-refractivity contribution >= 4 is 18.7 Å². The van der Waals surface area contributed by atoms with Crippen molar-refractivity contribution in [2.75, 3.05) is 0 Å². The number of pyridine rings is 1. The molecule has 0 spiro atoms. The van der Waals surface area contributed by atoms with Gasteiger partial charge in [-0.1, -0.05) is 36.4 Å². The number of hydrogen-bond donors (Lipinski definition) is 1. The fraction of sp³-hybridized carbons (Fsp3) is 0.556. The molecule has 3 saturated heterocycles. The van der Waals surface area contributed by atoms with Crippen molar-refractivity contribution in [1.82, 2.24) is 9.88 Å². The minimum Gasteiger partial charge on any atom is -0.445 e. The topological polar surface area (TPSA) is 81.1 Å². The second-order valence-corrected chi connectivity index (χ2v) is 11.2. The van der Waals surface area contributed by atoms with Gasteiger partial charge < -0.3 is 24.1 Å². The van der Waals surface area contributed by atoms with E-state index in [-0.39, 0.29) is 24.8 Å². The summed E-state index contributed by atoms with van der Waals surface area (Å²) in [5, 5.41) is 11.8. The Morgan fingerprint density at radius 2 is 1.71 bits per heavy atom. The third-order valence-electron chi connectivity index (χ3n) is 8.25. The maximum absolute atomic E-state index is 13.1. The maximum Gasteiger partial charge on any atom is 0.496 e. The van der Waals surface area contributed by atoms with Crippen molar-refractivity contribution in [2.45, 2.75) is 95.3 Å². The van der Waals surface area contributed by atoms with Gasteiger partial charge in [0.1, 0.15) is 6.61 Å². The van der Waals surface area contributed by atoms with E-state index in [4.69, 9.17) is 14.0 Å². The number of carbonyl (C=O) groups excluding carboxylic acids is 1. The molecule has 1 aromatic carbocycles. The number of hydrogen-bond acceptors (Lipinski definition) is 6. The van der Waals surface area contributed by atoms with E-state index in [1.54, 1.807) is 12.4 Å². The molecule has 0 aliphatic carbocycles. The summed E-state index contributed by atoms with van der Waals surface area (Å²) >= 11 is 0. The highest BCUT2D eigenvalue weighted by atomic mass is 16.7. The number of carbonyl (C=O) groups is 1. The standard InChI is InChI=1S/C27H35BN2O5/c1-25(2)26(3,4)35-28(34-25)21-13-20(16-29-17-21)27(32)14-22-11-8-12-23(15-27)30(22)24(31)33-18-19-9-6-5-7-10-19/h5-7,9-10,13,16-17,22-23,32H,8,11-12,14-15,18H2,1-4H3. The van der Waals surface area contributed by atoms with E-state index in [0.717, 1.165) is 35.9 Å². The molecular weight excluding hydrogens is 443 g/mol. The Labute approximate surface area is 207 Å². The molecule has 8 heteroatoms. The van der Waals surface area contributed by atoms with Crippen LogP contribution >= 0.6 is 0 Å². The molecule has 1 aromatic heterocycles. The molecule has 4 heterocycles. The summed E-state index contributed by atoms with van der Waals surface area (Å²) in [5.74, 6) is 0. The van der Waals surface area contributed by atoms with Crippen LogP contribution in [0.25, 0.3) is 0 Å². The highest BCUT2D eigenvalue weighted by Crippen LogP contribution is 2.44. The number of aliphatic hydroxyl groups is 1. The van der Waals surface area contributed by atoms with Gasteiger partial charge in [0.15, 0.2) is 0 Å². The van der Waals surface area contributed by atoms with E-state index in [1.807, 2.05) is 69.0 Å². The number of amides is 1. The van der Waals surface area contributed by atoms with Gasteiger partial charge in [-0.25, -0.2) is 4.79 Å². The van der Waals surface area contributed by atoms with E-state index in [9.17, 15) is 9.90 Å². The zero-order chi connectivity index (χ0) is 24.8. The van der Waals surface area contributed by atoms with Gasteiger partial charge in [-0.2, -0.15) is 0 Å². The highest BCUT2D eigenvalue weighted by Gasteiger charge is 2.53. The lowest BCUT2D eigenvalue weighted by molar-refractivity contribution is -0.0897. The number of nitrogens with zero attached hydrogens (tertiary/aromatic N) is 2. The first-order valence-corrected chi connectivity index (χ1v) is 12.6. The summed E-state index contributed by atoms with van der Waals surface area (Å²) in [6, 6.07) is 11.5. The number of rotatable bonds is 4. The molecule has 2 unspecified atom stereocenters. The molecule has 0 radical (unpaired) electrons. The SMILES string of the molecule is CC1(C)OB(c2cncc(C3(O)CC4CCCC(C3)N4C(=O)OCc3ccccc3)c2)OC1(C)C. The Balaban J connectivity index is 1.32. The van der Waals surface area contributed by atoms with E-state index in [2.05, 4.69) is 4.98 Å². The predicted octanol–water partition coefficient (Wildman–Crippen LogP) is 3.92. The Kier molecular flexibility index (Phi) is 6.18. The zero-order valence-corrected chi connectivity index (χ0v) is 21.1. The van der Waals surface area contributed by atoms with Crippen LogP contribution in [-0.4, -0.2) is 51.5 Å². The fourth-order valence-electron chi connectivity index (χ4n) is 5.58. The van der Waals surface area contributed by atoms with Crippen LogP contribution in [0.1, 0.15) is 70.9 Å². The van der Waals surface area contributed by atoms with Crippen molar-refractivity contribution in [3.63, 3.8) is 0 Å². The smallest absolute Gasteiger partial charge is 0.445 e. The molecular formula is C27H35BN2O5. The van der Waals surface area contributed by atoms with Gasteiger partial charge in [0, 0.05) is 48.3 Å². The van der Waals surface area contributed by atoms with Crippen LogP contribution in [0.5, 0.6) is 0 Å². The van der Waals surface area contributed by atoms with Crippen LogP contribution in [0.2, 0.25) is 0 Å². The third kappa shape index (κ3) is 4.59.